The predicted molar refractivity (Wildman–Crippen MR) is 80.1 cm³/mol. The second-order valence-corrected chi connectivity index (χ2v) is 5.34. The van der Waals surface area contributed by atoms with Crippen molar-refractivity contribution in [3.8, 4) is 0 Å². The Balaban J connectivity index is 1.68. The van der Waals surface area contributed by atoms with E-state index >= 15 is 0 Å². The van der Waals surface area contributed by atoms with Crippen molar-refractivity contribution in [3.63, 3.8) is 0 Å². The first kappa shape index (κ1) is 13.1. The molecular weight excluding hydrogens is 250 g/mol. The molecule has 0 spiro atoms. The van der Waals surface area contributed by atoms with Crippen LogP contribution in [-0.4, -0.2) is 41.4 Å². The Bertz CT molecular complexity index is 538. The lowest BCUT2D eigenvalue weighted by Gasteiger charge is -2.16. The van der Waals surface area contributed by atoms with E-state index in [1.165, 1.54) is 11.1 Å². The molecule has 106 valence electrons. The summed E-state index contributed by atoms with van der Waals surface area (Å²) >= 11 is 0. The van der Waals surface area contributed by atoms with Crippen LogP contribution in [0.5, 0.6) is 0 Å². The molecule has 0 radical (unpaired) electrons. The van der Waals surface area contributed by atoms with Crippen LogP contribution in [0.2, 0.25) is 0 Å². The maximum absolute atomic E-state index is 4.62. The number of aromatic nitrogens is 3. The van der Waals surface area contributed by atoms with Gasteiger partial charge in [0.1, 0.15) is 5.82 Å². The molecule has 0 bridgehead atoms. The van der Waals surface area contributed by atoms with Crippen molar-refractivity contribution in [2.24, 2.45) is 0 Å². The SMILES string of the molecule is Cc1ccc(Cc2nc(N3CCCNCC3)n[nH]2)cc1. The summed E-state index contributed by atoms with van der Waals surface area (Å²) in [7, 11) is 0. The van der Waals surface area contributed by atoms with Crippen LogP contribution in [0.25, 0.3) is 0 Å². The van der Waals surface area contributed by atoms with Crippen molar-refractivity contribution in [3.05, 3.63) is 41.2 Å². The number of aryl methyl sites for hydroxylation is 1. The van der Waals surface area contributed by atoms with Crippen molar-refractivity contribution in [2.75, 3.05) is 31.1 Å². The monoisotopic (exact) mass is 271 g/mol. The summed E-state index contributed by atoms with van der Waals surface area (Å²) in [5.74, 6) is 1.76. The Kier molecular flexibility index (Phi) is 3.97. The maximum Gasteiger partial charge on any atom is 0.244 e. The fraction of sp³-hybridized carbons (Fsp3) is 0.467. The van der Waals surface area contributed by atoms with Crippen LogP contribution in [0.15, 0.2) is 24.3 Å². The summed E-state index contributed by atoms with van der Waals surface area (Å²) in [6, 6.07) is 8.56. The summed E-state index contributed by atoms with van der Waals surface area (Å²) in [5.41, 5.74) is 2.54. The highest BCUT2D eigenvalue weighted by Crippen LogP contribution is 2.12. The van der Waals surface area contributed by atoms with E-state index in [9.17, 15) is 0 Å². The highest BCUT2D eigenvalue weighted by Gasteiger charge is 2.14. The highest BCUT2D eigenvalue weighted by atomic mass is 15.4. The summed E-state index contributed by atoms with van der Waals surface area (Å²) < 4.78 is 0. The Labute approximate surface area is 119 Å². The highest BCUT2D eigenvalue weighted by molar-refractivity contribution is 5.30. The van der Waals surface area contributed by atoms with Crippen molar-refractivity contribution in [2.45, 2.75) is 19.8 Å². The third kappa shape index (κ3) is 3.17. The number of aromatic amines is 1. The van der Waals surface area contributed by atoms with E-state index in [2.05, 4.69) is 56.6 Å². The quantitative estimate of drug-likeness (QED) is 0.888. The third-order valence-electron chi connectivity index (χ3n) is 3.64. The molecule has 2 aromatic rings. The molecule has 5 nitrogen and oxygen atoms in total. The van der Waals surface area contributed by atoms with Crippen LogP contribution < -0.4 is 10.2 Å². The Morgan fingerprint density at radius 1 is 1.15 bits per heavy atom. The van der Waals surface area contributed by atoms with E-state index < -0.39 is 0 Å². The average molecular weight is 271 g/mol. The van der Waals surface area contributed by atoms with Gasteiger partial charge in [-0.1, -0.05) is 29.8 Å². The second kappa shape index (κ2) is 6.05. The van der Waals surface area contributed by atoms with Gasteiger partial charge in [-0.25, -0.2) is 0 Å². The lowest BCUT2D eigenvalue weighted by Crippen LogP contribution is -2.28. The first-order valence-corrected chi connectivity index (χ1v) is 7.24. The predicted octanol–water partition coefficient (Wildman–Crippen LogP) is 1.50. The minimum absolute atomic E-state index is 0.805. The molecule has 3 rings (SSSR count). The molecule has 1 fully saturated rings. The molecule has 1 aliphatic rings. The van der Waals surface area contributed by atoms with Gasteiger partial charge in [0.2, 0.25) is 5.95 Å². The standard InChI is InChI=1S/C15H21N5/c1-12-3-5-13(6-4-12)11-14-17-15(19-18-14)20-9-2-7-16-8-10-20/h3-6,16H,2,7-11H2,1H3,(H,17,18,19). The lowest BCUT2D eigenvalue weighted by molar-refractivity contribution is 0.724. The van der Waals surface area contributed by atoms with E-state index in [0.717, 1.165) is 50.8 Å². The summed E-state index contributed by atoms with van der Waals surface area (Å²) in [5, 5.41) is 10.8. The zero-order valence-electron chi connectivity index (χ0n) is 11.9. The molecule has 1 aromatic heterocycles. The number of nitrogens with one attached hydrogen (secondary N) is 2. The molecule has 1 aromatic carbocycles. The third-order valence-corrected chi connectivity index (χ3v) is 3.64. The molecule has 0 aliphatic carbocycles. The minimum atomic E-state index is 0.805. The summed E-state index contributed by atoms with van der Waals surface area (Å²) in [4.78, 5) is 6.87. The van der Waals surface area contributed by atoms with Gasteiger partial charge in [0.15, 0.2) is 0 Å². The molecule has 20 heavy (non-hydrogen) atoms. The number of anilines is 1. The van der Waals surface area contributed by atoms with Gasteiger partial charge < -0.3 is 10.2 Å². The second-order valence-electron chi connectivity index (χ2n) is 5.34. The first-order chi connectivity index (χ1) is 9.81. The smallest absolute Gasteiger partial charge is 0.244 e. The van der Waals surface area contributed by atoms with Gasteiger partial charge in [-0.3, -0.25) is 5.10 Å². The zero-order chi connectivity index (χ0) is 13.8. The van der Waals surface area contributed by atoms with Crippen molar-refractivity contribution in [1.29, 1.82) is 0 Å². The molecule has 2 heterocycles. The summed E-state index contributed by atoms with van der Waals surface area (Å²) in [6.07, 6.45) is 1.95. The van der Waals surface area contributed by atoms with Crippen molar-refractivity contribution >= 4 is 5.95 Å². The first-order valence-electron chi connectivity index (χ1n) is 7.24. The van der Waals surface area contributed by atoms with Crippen LogP contribution in [0.4, 0.5) is 5.95 Å². The van der Waals surface area contributed by atoms with Crippen molar-refractivity contribution < 1.29 is 0 Å². The fourth-order valence-electron chi connectivity index (χ4n) is 2.45. The number of nitrogens with zero attached hydrogens (tertiary/aromatic N) is 3. The van der Waals surface area contributed by atoms with Gasteiger partial charge in [0.25, 0.3) is 0 Å². The van der Waals surface area contributed by atoms with Gasteiger partial charge >= 0.3 is 0 Å². The molecule has 1 saturated heterocycles. The molecule has 0 atom stereocenters. The summed E-state index contributed by atoms with van der Waals surface area (Å²) in [6.45, 7) is 6.18. The Morgan fingerprint density at radius 3 is 2.85 bits per heavy atom. The van der Waals surface area contributed by atoms with E-state index in [1.807, 2.05) is 0 Å². The van der Waals surface area contributed by atoms with Crippen LogP contribution >= 0.6 is 0 Å². The molecule has 1 aliphatic heterocycles. The normalized spacial score (nSPS) is 16.1. The van der Waals surface area contributed by atoms with Crippen LogP contribution in [0.1, 0.15) is 23.4 Å². The average Bonchev–Trinajstić information content (AvgIpc) is 2.74. The van der Waals surface area contributed by atoms with Gasteiger partial charge in [0.05, 0.1) is 0 Å². The van der Waals surface area contributed by atoms with Crippen LogP contribution in [0.3, 0.4) is 0 Å². The number of rotatable bonds is 3. The molecule has 0 unspecified atom stereocenters. The number of hydrogen-bond donors (Lipinski definition) is 2. The molecule has 0 amide bonds. The van der Waals surface area contributed by atoms with E-state index in [1.54, 1.807) is 0 Å². The zero-order valence-corrected chi connectivity index (χ0v) is 11.9. The number of H-pyrrole nitrogens is 1. The van der Waals surface area contributed by atoms with E-state index in [-0.39, 0.29) is 0 Å². The van der Waals surface area contributed by atoms with E-state index in [0.29, 0.717) is 0 Å². The maximum atomic E-state index is 4.62. The van der Waals surface area contributed by atoms with Crippen molar-refractivity contribution in [1.82, 2.24) is 20.5 Å². The van der Waals surface area contributed by atoms with Gasteiger partial charge in [-0.05, 0) is 25.5 Å². The topological polar surface area (TPSA) is 56.8 Å². The van der Waals surface area contributed by atoms with E-state index in [4.69, 9.17) is 0 Å². The largest absolute Gasteiger partial charge is 0.338 e. The molecule has 0 saturated carbocycles. The van der Waals surface area contributed by atoms with Crippen LogP contribution in [-0.2, 0) is 6.42 Å². The lowest BCUT2D eigenvalue weighted by atomic mass is 10.1. The number of hydrogen-bond acceptors (Lipinski definition) is 4. The molecular formula is C15H21N5. The van der Waals surface area contributed by atoms with Gasteiger partial charge in [-0.15, -0.1) is 5.10 Å². The fourth-order valence-corrected chi connectivity index (χ4v) is 2.45. The Hall–Kier alpha value is -1.88. The molecule has 2 N–H and O–H groups in total. The minimum Gasteiger partial charge on any atom is -0.338 e. The van der Waals surface area contributed by atoms with Crippen LogP contribution in [0, 0.1) is 6.92 Å². The Morgan fingerprint density at radius 2 is 2.00 bits per heavy atom. The van der Waals surface area contributed by atoms with Gasteiger partial charge in [-0.2, -0.15) is 4.98 Å². The van der Waals surface area contributed by atoms with Gasteiger partial charge in [0, 0.05) is 26.1 Å². The number of benzene rings is 1. The molecule has 5 heteroatoms.